The van der Waals surface area contributed by atoms with Gasteiger partial charge in [0.2, 0.25) is 0 Å². The van der Waals surface area contributed by atoms with Crippen LogP contribution in [0, 0.1) is 11.8 Å². The van der Waals surface area contributed by atoms with Crippen molar-refractivity contribution in [1.82, 2.24) is 10.2 Å². The summed E-state index contributed by atoms with van der Waals surface area (Å²) in [5.74, 6) is 1.46. The van der Waals surface area contributed by atoms with E-state index in [-0.39, 0.29) is 0 Å². The molecule has 2 unspecified atom stereocenters. The van der Waals surface area contributed by atoms with Gasteiger partial charge in [0.1, 0.15) is 0 Å². The van der Waals surface area contributed by atoms with Crippen LogP contribution < -0.4 is 5.32 Å². The smallest absolute Gasteiger partial charge is 0.0593 e. The van der Waals surface area contributed by atoms with Gasteiger partial charge in [-0.3, -0.25) is 0 Å². The van der Waals surface area contributed by atoms with Gasteiger partial charge < -0.3 is 15.0 Å². The first kappa shape index (κ1) is 15.9. The van der Waals surface area contributed by atoms with Crippen LogP contribution in [0.15, 0.2) is 0 Å². The zero-order valence-corrected chi connectivity index (χ0v) is 12.7. The minimum absolute atomic E-state index is 0.646. The molecule has 1 heterocycles. The van der Waals surface area contributed by atoms with Crippen molar-refractivity contribution in [3.8, 4) is 0 Å². The van der Waals surface area contributed by atoms with Crippen molar-refractivity contribution in [3.63, 3.8) is 0 Å². The fourth-order valence-electron chi connectivity index (χ4n) is 2.77. The number of likely N-dealkylation sites (tertiary alicyclic amines) is 1. The molecule has 0 aromatic rings. The molecular weight excluding hydrogens is 224 g/mol. The Hall–Kier alpha value is -0.120. The Labute approximate surface area is 113 Å². The van der Waals surface area contributed by atoms with Gasteiger partial charge in [0, 0.05) is 25.7 Å². The second-order valence-corrected chi connectivity index (χ2v) is 5.89. The lowest BCUT2D eigenvalue weighted by Crippen LogP contribution is -2.49. The van der Waals surface area contributed by atoms with Crippen molar-refractivity contribution >= 4 is 0 Å². The second-order valence-electron chi connectivity index (χ2n) is 5.89. The third-order valence-electron chi connectivity index (χ3n) is 3.81. The summed E-state index contributed by atoms with van der Waals surface area (Å²) in [6.45, 7) is 15.4. The van der Waals surface area contributed by atoms with E-state index in [1.165, 1.54) is 25.9 Å². The molecule has 1 saturated heterocycles. The number of ether oxygens (including phenoxy) is 1. The minimum Gasteiger partial charge on any atom is -0.380 e. The van der Waals surface area contributed by atoms with E-state index in [9.17, 15) is 0 Å². The number of nitrogens with zero attached hydrogens (tertiary/aromatic N) is 1. The van der Waals surface area contributed by atoms with Gasteiger partial charge in [-0.25, -0.2) is 0 Å². The predicted octanol–water partition coefficient (Wildman–Crippen LogP) is 2.37. The molecule has 0 aromatic heterocycles. The molecule has 1 N–H and O–H groups in total. The fraction of sp³-hybridized carbons (Fsp3) is 1.00. The zero-order chi connectivity index (χ0) is 13.4. The average molecular weight is 256 g/mol. The zero-order valence-electron chi connectivity index (χ0n) is 12.7. The number of hydrogen-bond donors (Lipinski definition) is 1. The van der Waals surface area contributed by atoms with Crippen LogP contribution in [-0.4, -0.2) is 50.3 Å². The van der Waals surface area contributed by atoms with Crippen molar-refractivity contribution in [3.05, 3.63) is 0 Å². The summed E-state index contributed by atoms with van der Waals surface area (Å²) < 4.78 is 5.68. The predicted molar refractivity (Wildman–Crippen MR) is 78.0 cm³/mol. The molecule has 1 rings (SSSR count). The maximum Gasteiger partial charge on any atom is 0.0593 e. The highest BCUT2D eigenvalue weighted by atomic mass is 16.5. The van der Waals surface area contributed by atoms with E-state index in [1.54, 1.807) is 0 Å². The largest absolute Gasteiger partial charge is 0.380 e. The highest BCUT2D eigenvalue weighted by Crippen LogP contribution is 2.19. The van der Waals surface area contributed by atoms with Gasteiger partial charge in [-0.1, -0.05) is 34.1 Å². The Morgan fingerprint density at radius 2 is 2.11 bits per heavy atom. The molecule has 3 heteroatoms. The lowest BCUT2D eigenvalue weighted by atomic mass is 9.90. The highest BCUT2D eigenvalue weighted by Gasteiger charge is 2.26. The number of nitrogens with one attached hydrogen (secondary N) is 1. The topological polar surface area (TPSA) is 24.5 Å². The third kappa shape index (κ3) is 5.68. The van der Waals surface area contributed by atoms with E-state index in [4.69, 9.17) is 4.74 Å². The molecule has 108 valence electrons. The van der Waals surface area contributed by atoms with E-state index in [0.717, 1.165) is 38.3 Å². The van der Waals surface area contributed by atoms with E-state index >= 15 is 0 Å². The molecule has 0 aromatic carbocycles. The van der Waals surface area contributed by atoms with E-state index in [0.29, 0.717) is 5.92 Å². The first-order valence-electron chi connectivity index (χ1n) is 7.70. The second kappa shape index (κ2) is 8.89. The molecule has 0 amide bonds. The van der Waals surface area contributed by atoms with Crippen LogP contribution in [0.5, 0.6) is 0 Å². The van der Waals surface area contributed by atoms with Crippen LogP contribution in [0.3, 0.4) is 0 Å². The van der Waals surface area contributed by atoms with E-state index in [2.05, 4.69) is 37.9 Å². The van der Waals surface area contributed by atoms with Gasteiger partial charge in [0.15, 0.2) is 0 Å². The Kier molecular flexibility index (Phi) is 7.87. The van der Waals surface area contributed by atoms with Crippen LogP contribution in [-0.2, 0) is 4.74 Å². The van der Waals surface area contributed by atoms with Crippen molar-refractivity contribution in [2.75, 3.05) is 39.4 Å². The molecule has 0 aliphatic carbocycles. The van der Waals surface area contributed by atoms with Crippen molar-refractivity contribution in [1.29, 1.82) is 0 Å². The SMILES string of the molecule is CCNC1CCN(CCOCC(C)C)CC1CC. The Morgan fingerprint density at radius 1 is 1.33 bits per heavy atom. The van der Waals surface area contributed by atoms with Crippen LogP contribution >= 0.6 is 0 Å². The molecule has 18 heavy (non-hydrogen) atoms. The fourth-order valence-corrected chi connectivity index (χ4v) is 2.77. The minimum atomic E-state index is 0.646. The third-order valence-corrected chi connectivity index (χ3v) is 3.81. The van der Waals surface area contributed by atoms with Gasteiger partial charge in [-0.15, -0.1) is 0 Å². The Bertz CT molecular complexity index is 209. The molecule has 1 aliphatic heterocycles. The van der Waals surface area contributed by atoms with E-state index in [1.807, 2.05) is 0 Å². The standard InChI is InChI=1S/C15H32N2O/c1-5-14-11-17(8-7-15(14)16-6-2)9-10-18-12-13(3)4/h13-16H,5-12H2,1-4H3. The van der Waals surface area contributed by atoms with Crippen LogP contribution in [0.4, 0.5) is 0 Å². The first-order chi connectivity index (χ1) is 8.67. The first-order valence-corrected chi connectivity index (χ1v) is 7.70. The van der Waals surface area contributed by atoms with Crippen LogP contribution in [0.2, 0.25) is 0 Å². The molecule has 3 nitrogen and oxygen atoms in total. The quantitative estimate of drug-likeness (QED) is 0.675. The summed E-state index contributed by atoms with van der Waals surface area (Å²) >= 11 is 0. The number of rotatable bonds is 8. The van der Waals surface area contributed by atoms with Gasteiger partial charge in [-0.2, -0.15) is 0 Å². The molecular formula is C15H32N2O. The molecule has 0 saturated carbocycles. The van der Waals surface area contributed by atoms with Crippen LogP contribution in [0.1, 0.15) is 40.5 Å². The normalized spacial score (nSPS) is 25.8. The van der Waals surface area contributed by atoms with Gasteiger partial charge in [0.05, 0.1) is 6.61 Å². The van der Waals surface area contributed by atoms with Crippen molar-refractivity contribution in [2.45, 2.75) is 46.6 Å². The highest BCUT2D eigenvalue weighted by molar-refractivity contribution is 4.84. The summed E-state index contributed by atoms with van der Waals surface area (Å²) in [6, 6.07) is 0.729. The van der Waals surface area contributed by atoms with Crippen LogP contribution in [0.25, 0.3) is 0 Å². The van der Waals surface area contributed by atoms with Gasteiger partial charge >= 0.3 is 0 Å². The average Bonchev–Trinajstić information content (AvgIpc) is 2.36. The summed E-state index contributed by atoms with van der Waals surface area (Å²) in [5, 5.41) is 3.63. The van der Waals surface area contributed by atoms with Gasteiger partial charge in [-0.05, 0) is 31.3 Å². The van der Waals surface area contributed by atoms with Crippen molar-refractivity contribution in [2.24, 2.45) is 11.8 Å². The lowest BCUT2D eigenvalue weighted by molar-refractivity contribution is 0.0628. The molecule has 0 radical (unpaired) electrons. The number of piperidine rings is 1. The summed E-state index contributed by atoms with van der Waals surface area (Å²) in [6.07, 6.45) is 2.57. The molecule has 1 fully saturated rings. The molecule has 1 aliphatic rings. The molecule has 2 atom stereocenters. The van der Waals surface area contributed by atoms with Crippen molar-refractivity contribution < 1.29 is 4.74 Å². The Balaban J connectivity index is 2.21. The summed E-state index contributed by atoms with van der Waals surface area (Å²) in [5.41, 5.74) is 0. The van der Waals surface area contributed by atoms with Gasteiger partial charge in [0.25, 0.3) is 0 Å². The lowest BCUT2D eigenvalue weighted by Gasteiger charge is -2.38. The summed E-state index contributed by atoms with van der Waals surface area (Å²) in [4.78, 5) is 2.57. The number of hydrogen-bond acceptors (Lipinski definition) is 3. The maximum absolute atomic E-state index is 5.68. The maximum atomic E-state index is 5.68. The molecule has 0 bridgehead atoms. The van der Waals surface area contributed by atoms with E-state index < -0.39 is 0 Å². The Morgan fingerprint density at radius 3 is 2.72 bits per heavy atom. The monoisotopic (exact) mass is 256 g/mol. The molecule has 0 spiro atoms. The summed E-state index contributed by atoms with van der Waals surface area (Å²) in [7, 11) is 0.